The standard InChI is InChI=1S/C19H22N2O2/c1-15-6-2-5-9-18(15)23-13-11-20-19(22)21-12-10-16-7-3-4-8-17(16)14-21/h2-9H,10-14H2,1H3,(H,20,22). The molecule has 3 rings (SSSR count). The van der Waals surface area contributed by atoms with Crippen molar-refractivity contribution in [2.75, 3.05) is 19.7 Å². The SMILES string of the molecule is Cc1ccccc1OCCNC(=O)N1CCc2ccccc2C1. The van der Waals surface area contributed by atoms with E-state index in [4.69, 9.17) is 4.74 Å². The second-order valence-corrected chi connectivity index (χ2v) is 5.79. The maximum atomic E-state index is 12.2. The van der Waals surface area contributed by atoms with Gasteiger partial charge in [0.15, 0.2) is 0 Å². The van der Waals surface area contributed by atoms with Gasteiger partial charge in [0.2, 0.25) is 0 Å². The van der Waals surface area contributed by atoms with Gasteiger partial charge in [-0.2, -0.15) is 0 Å². The smallest absolute Gasteiger partial charge is 0.317 e. The number of nitrogens with zero attached hydrogens (tertiary/aromatic N) is 1. The molecule has 2 aromatic carbocycles. The quantitative estimate of drug-likeness (QED) is 0.882. The number of hydrogen-bond donors (Lipinski definition) is 1. The molecule has 0 saturated carbocycles. The monoisotopic (exact) mass is 310 g/mol. The number of ether oxygens (including phenoxy) is 1. The minimum absolute atomic E-state index is 0.0205. The zero-order valence-electron chi connectivity index (χ0n) is 13.4. The highest BCUT2D eigenvalue weighted by molar-refractivity contribution is 5.74. The third-order valence-corrected chi connectivity index (χ3v) is 4.15. The molecular weight excluding hydrogens is 288 g/mol. The number of para-hydroxylation sites is 1. The Morgan fingerprint density at radius 2 is 1.87 bits per heavy atom. The van der Waals surface area contributed by atoms with Gasteiger partial charge >= 0.3 is 6.03 Å². The molecule has 4 nitrogen and oxygen atoms in total. The number of aryl methyl sites for hydroxylation is 1. The molecule has 0 fully saturated rings. The summed E-state index contributed by atoms with van der Waals surface area (Å²) in [4.78, 5) is 14.1. The molecule has 2 amide bonds. The van der Waals surface area contributed by atoms with E-state index in [0.29, 0.717) is 19.7 Å². The van der Waals surface area contributed by atoms with Gasteiger partial charge in [-0.25, -0.2) is 4.79 Å². The van der Waals surface area contributed by atoms with Crippen molar-refractivity contribution in [3.05, 3.63) is 65.2 Å². The molecule has 0 atom stereocenters. The number of carbonyl (C=O) groups is 1. The first-order chi connectivity index (χ1) is 11.2. The van der Waals surface area contributed by atoms with E-state index in [1.54, 1.807) is 0 Å². The second kappa shape index (κ2) is 7.18. The van der Waals surface area contributed by atoms with E-state index >= 15 is 0 Å². The summed E-state index contributed by atoms with van der Waals surface area (Å²) in [5, 5.41) is 2.93. The number of carbonyl (C=O) groups excluding carboxylic acids is 1. The van der Waals surface area contributed by atoms with Gasteiger partial charge in [0.1, 0.15) is 12.4 Å². The molecule has 1 heterocycles. The van der Waals surface area contributed by atoms with Gasteiger partial charge in [-0.05, 0) is 36.1 Å². The zero-order chi connectivity index (χ0) is 16.1. The Labute approximate surface area is 137 Å². The Morgan fingerprint density at radius 1 is 1.13 bits per heavy atom. The largest absolute Gasteiger partial charge is 0.491 e. The lowest BCUT2D eigenvalue weighted by Crippen LogP contribution is -2.43. The van der Waals surface area contributed by atoms with Crippen molar-refractivity contribution in [2.45, 2.75) is 19.9 Å². The van der Waals surface area contributed by atoms with Gasteiger partial charge in [0.25, 0.3) is 0 Å². The summed E-state index contributed by atoms with van der Waals surface area (Å²) in [6.45, 7) is 4.44. The minimum Gasteiger partial charge on any atom is -0.491 e. The van der Waals surface area contributed by atoms with Crippen LogP contribution in [0.15, 0.2) is 48.5 Å². The van der Waals surface area contributed by atoms with Crippen molar-refractivity contribution in [3.8, 4) is 5.75 Å². The van der Waals surface area contributed by atoms with Crippen LogP contribution in [0.2, 0.25) is 0 Å². The van der Waals surface area contributed by atoms with E-state index in [0.717, 1.165) is 24.3 Å². The molecule has 0 bridgehead atoms. The van der Waals surface area contributed by atoms with Crippen molar-refractivity contribution >= 4 is 6.03 Å². The van der Waals surface area contributed by atoms with Crippen LogP contribution >= 0.6 is 0 Å². The fourth-order valence-electron chi connectivity index (χ4n) is 2.82. The number of hydrogen-bond acceptors (Lipinski definition) is 2. The number of benzene rings is 2. The number of fused-ring (bicyclic) bond motifs is 1. The summed E-state index contributed by atoms with van der Waals surface area (Å²) < 4.78 is 5.70. The lowest BCUT2D eigenvalue weighted by Gasteiger charge is -2.29. The lowest BCUT2D eigenvalue weighted by atomic mass is 10.0. The topological polar surface area (TPSA) is 41.6 Å². The Hall–Kier alpha value is -2.49. The Balaban J connectivity index is 1.45. The third-order valence-electron chi connectivity index (χ3n) is 4.15. The van der Waals surface area contributed by atoms with E-state index in [1.807, 2.05) is 42.2 Å². The molecule has 1 aliphatic heterocycles. The normalized spacial score (nSPS) is 13.3. The Morgan fingerprint density at radius 3 is 2.70 bits per heavy atom. The molecule has 0 aromatic heterocycles. The van der Waals surface area contributed by atoms with Crippen LogP contribution < -0.4 is 10.1 Å². The molecule has 0 spiro atoms. The van der Waals surface area contributed by atoms with E-state index in [9.17, 15) is 4.79 Å². The highest BCUT2D eigenvalue weighted by atomic mass is 16.5. The van der Waals surface area contributed by atoms with Gasteiger partial charge in [0, 0.05) is 13.1 Å². The molecule has 1 aliphatic rings. The van der Waals surface area contributed by atoms with Crippen molar-refractivity contribution < 1.29 is 9.53 Å². The fourth-order valence-corrected chi connectivity index (χ4v) is 2.82. The summed E-state index contributed by atoms with van der Waals surface area (Å²) in [6, 6.07) is 16.2. The molecule has 4 heteroatoms. The molecule has 1 N–H and O–H groups in total. The van der Waals surface area contributed by atoms with E-state index in [2.05, 4.69) is 23.5 Å². The molecule has 0 aliphatic carbocycles. The predicted molar refractivity (Wildman–Crippen MR) is 90.6 cm³/mol. The van der Waals surface area contributed by atoms with Crippen LogP contribution in [0.4, 0.5) is 4.79 Å². The van der Waals surface area contributed by atoms with Crippen molar-refractivity contribution in [2.24, 2.45) is 0 Å². The molecule has 0 radical (unpaired) electrons. The molecular formula is C19H22N2O2. The third kappa shape index (κ3) is 3.83. The van der Waals surface area contributed by atoms with Crippen molar-refractivity contribution in [1.82, 2.24) is 10.2 Å². The van der Waals surface area contributed by atoms with Crippen molar-refractivity contribution in [1.29, 1.82) is 0 Å². The van der Waals surface area contributed by atoms with Crippen LogP contribution in [0, 0.1) is 6.92 Å². The van der Waals surface area contributed by atoms with Crippen LogP contribution in [0.25, 0.3) is 0 Å². The minimum atomic E-state index is -0.0205. The highest BCUT2D eigenvalue weighted by Gasteiger charge is 2.19. The average molecular weight is 310 g/mol. The number of nitrogens with one attached hydrogen (secondary N) is 1. The zero-order valence-corrected chi connectivity index (χ0v) is 13.4. The fraction of sp³-hybridized carbons (Fsp3) is 0.316. The summed E-state index contributed by atoms with van der Waals surface area (Å²) in [6.07, 6.45) is 0.920. The first kappa shape index (κ1) is 15.4. The van der Waals surface area contributed by atoms with E-state index in [-0.39, 0.29) is 6.03 Å². The van der Waals surface area contributed by atoms with Crippen LogP contribution in [-0.2, 0) is 13.0 Å². The number of amides is 2. The maximum absolute atomic E-state index is 12.2. The number of rotatable bonds is 4. The molecule has 23 heavy (non-hydrogen) atoms. The first-order valence-corrected chi connectivity index (χ1v) is 8.02. The summed E-state index contributed by atoms with van der Waals surface area (Å²) in [7, 11) is 0. The first-order valence-electron chi connectivity index (χ1n) is 8.02. The summed E-state index contributed by atoms with van der Waals surface area (Å²) in [5.74, 6) is 0.869. The summed E-state index contributed by atoms with van der Waals surface area (Å²) in [5.41, 5.74) is 3.69. The van der Waals surface area contributed by atoms with Gasteiger partial charge in [-0.15, -0.1) is 0 Å². The Kier molecular flexibility index (Phi) is 4.81. The van der Waals surface area contributed by atoms with Gasteiger partial charge in [0.05, 0.1) is 6.54 Å². The van der Waals surface area contributed by atoms with E-state index in [1.165, 1.54) is 11.1 Å². The predicted octanol–water partition coefficient (Wildman–Crippen LogP) is 3.14. The van der Waals surface area contributed by atoms with E-state index < -0.39 is 0 Å². The van der Waals surface area contributed by atoms with Gasteiger partial charge in [-0.3, -0.25) is 0 Å². The average Bonchev–Trinajstić information content (AvgIpc) is 2.59. The van der Waals surface area contributed by atoms with Crippen LogP contribution in [0.3, 0.4) is 0 Å². The molecule has 120 valence electrons. The van der Waals surface area contributed by atoms with Gasteiger partial charge < -0.3 is 15.0 Å². The van der Waals surface area contributed by atoms with Gasteiger partial charge in [-0.1, -0.05) is 42.5 Å². The van der Waals surface area contributed by atoms with Crippen LogP contribution in [0.1, 0.15) is 16.7 Å². The molecule has 0 unspecified atom stereocenters. The highest BCUT2D eigenvalue weighted by Crippen LogP contribution is 2.18. The second-order valence-electron chi connectivity index (χ2n) is 5.79. The lowest BCUT2D eigenvalue weighted by molar-refractivity contribution is 0.189. The molecule has 2 aromatic rings. The number of urea groups is 1. The maximum Gasteiger partial charge on any atom is 0.317 e. The van der Waals surface area contributed by atoms with Crippen LogP contribution in [-0.4, -0.2) is 30.6 Å². The van der Waals surface area contributed by atoms with Crippen molar-refractivity contribution in [3.63, 3.8) is 0 Å². The Bertz CT molecular complexity index is 685. The molecule has 0 saturated heterocycles. The van der Waals surface area contributed by atoms with Crippen LogP contribution in [0.5, 0.6) is 5.75 Å². The summed E-state index contributed by atoms with van der Waals surface area (Å²) >= 11 is 0.